The van der Waals surface area contributed by atoms with Gasteiger partial charge < -0.3 is 13.9 Å². The molecule has 0 amide bonds. The third-order valence-electron chi connectivity index (χ3n) is 4.77. The molecule has 2 aromatic rings. The first-order valence-corrected chi connectivity index (χ1v) is 8.19. The first-order chi connectivity index (χ1) is 11.3. The zero-order chi connectivity index (χ0) is 15.5. The maximum absolute atomic E-state index is 6.15. The van der Waals surface area contributed by atoms with Crippen molar-refractivity contribution in [3.05, 3.63) is 54.2 Å². The van der Waals surface area contributed by atoms with Crippen molar-refractivity contribution in [2.45, 2.75) is 37.7 Å². The van der Waals surface area contributed by atoms with Crippen molar-refractivity contribution in [3.8, 4) is 0 Å². The van der Waals surface area contributed by atoms with E-state index < -0.39 is 0 Å². The molecule has 2 aromatic heterocycles. The number of rotatable bonds is 5. The zero-order valence-corrected chi connectivity index (χ0v) is 13.2. The predicted molar refractivity (Wildman–Crippen MR) is 84.7 cm³/mol. The Morgan fingerprint density at radius 1 is 1.35 bits per heavy atom. The van der Waals surface area contributed by atoms with Gasteiger partial charge in [-0.05, 0) is 24.1 Å². The number of ether oxygens (including phenoxy) is 2. The van der Waals surface area contributed by atoms with Crippen LogP contribution in [0, 0.1) is 0 Å². The summed E-state index contributed by atoms with van der Waals surface area (Å²) in [5.41, 5.74) is 2.31. The fraction of sp³-hybridized carbons (Fsp3) is 0.500. The van der Waals surface area contributed by atoms with Crippen LogP contribution in [0.3, 0.4) is 0 Å². The second-order valence-corrected chi connectivity index (χ2v) is 6.58. The van der Waals surface area contributed by atoms with Gasteiger partial charge in [0.25, 0.3) is 0 Å². The molecule has 2 aliphatic heterocycles. The molecule has 0 unspecified atom stereocenters. The van der Waals surface area contributed by atoms with E-state index in [9.17, 15) is 0 Å². The number of likely N-dealkylation sites (tertiary alicyclic amines) is 1. The van der Waals surface area contributed by atoms with Gasteiger partial charge in [-0.2, -0.15) is 0 Å². The highest BCUT2D eigenvalue weighted by Gasteiger charge is 2.45. The number of furan rings is 1. The Kier molecular flexibility index (Phi) is 4.16. The lowest BCUT2D eigenvalue weighted by Crippen LogP contribution is -2.32. The molecule has 0 bridgehead atoms. The Bertz CT molecular complexity index is 616. The van der Waals surface area contributed by atoms with E-state index in [1.165, 1.54) is 5.56 Å². The second kappa shape index (κ2) is 6.43. The summed E-state index contributed by atoms with van der Waals surface area (Å²) in [6.45, 7) is 4.28. The molecule has 5 nitrogen and oxygen atoms in total. The van der Waals surface area contributed by atoms with Crippen molar-refractivity contribution in [3.63, 3.8) is 0 Å². The van der Waals surface area contributed by atoms with E-state index in [1.54, 1.807) is 12.5 Å². The van der Waals surface area contributed by atoms with Crippen LogP contribution in [0.15, 0.2) is 47.5 Å². The fourth-order valence-corrected chi connectivity index (χ4v) is 3.59. The van der Waals surface area contributed by atoms with Gasteiger partial charge in [0, 0.05) is 44.0 Å². The minimum Gasteiger partial charge on any atom is -0.472 e. The van der Waals surface area contributed by atoms with Gasteiger partial charge in [-0.3, -0.25) is 9.88 Å². The third-order valence-corrected chi connectivity index (χ3v) is 4.77. The van der Waals surface area contributed by atoms with Crippen LogP contribution in [0.1, 0.15) is 24.0 Å². The Balaban J connectivity index is 1.28. The minimum absolute atomic E-state index is 0.0245. The largest absolute Gasteiger partial charge is 0.472 e. The molecule has 23 heavy (non-hydrogen) atoms. The number of hydrogen-bond donors (Lipinski definition) is 0. The first-order valence-electron chi connectivity index (χ1n) is 8.19. The summed E-state index contributed by atoms with van der Waals surface area (Å²) in [7, 11) is 0. The summed E-state index contributed by atoms with van der Waals surface area (Å²) in [4.78, 5) is 6.56. The van der Waals surface area contributed by atoms with Gasteiger partial charge in [-0.1, -0.05) is 6.07 Å². The van der Waals surface area contributed by atoms with Crippen molar-refractivity contribution in [1.82, 2.24) is 9.88 Å². The molecule has 0 N–H and O–H groups in total. The molecule has 0 saturated carbocycles. The average Bonchev–Trinajstić information content (AvgIpc) is 3.31. The Morgan fingerprint density at radius 3 is 3.17 bits per heavy atom. The van der Waals surface area contributed by atoms with Crippen molar-refractivity contribution in [1.29, 1.82) is 0 Å². The van der Waals surface area contributed by atoms with Crippen molar-refractivity contribution in [2.75, 3.05) is 19.7 Å². The molecule has 5 heteroatoms. The topological polar surface area (TPSA) is 47.7 Å². The third kappa shape index (κ3) is 3.47. The highest BCUT2D eigenvalue weighted by atomic mass is 16.6. The predicted octanol–water partition coefficient (Wildman–Crippen LogP) is 2.62. The Morgan fingerprint density at radius 2 is 2.35 bits per heavy atom. The summed E-state index contributed by atoms with van der Waals surface area (Å²) in [6.07, 6.45) is 9.44. The quantitative estimate of drug-likeness (QED) is 0.849. The number of pyridine rings is 1. The monoisotopic (exact) mass is 314 g/mol. The molecule has 2 saturated heterocycles. The maximum Gasteiger partial charge on any atom is 0.0947 e. The summed E-state index contributed by atoms with van der Waals surface area (Å²) in [6, 6.07) is 6.01. The van der Waals surface area contributed by atoms with Gasteiger partial charge in [0.1, 0.15) is 0 Å². The molecule has 0 aliphatic carbocycles. The zero-order valence-electron chi connectivity index (χ0n) is 13.2. The molecular weight excluding hydrogens is 292 g/mol. The molecule has 4 rings (SSSR count). The molecule has 4 heterocycles. The SMILES string of the molecule is c1cncc(CO[C@H]2CO[C@@]3(CCN(Cc4ccoc4)C3)C2)c1. The summed E-state index contributed by atoms with van der Waals surface area (Å²) in [5, 5.41) is 0. The van der Waals surface area contributed by atoms with Crippen LogP contribution in [0.25, 0.3) is 0 Å². The van der Waals surface area contributed by atoms with Gasteiger partial charge in [0.2, 0.25) is 0 Å². The van der Waals surface area contributed by atoms with Crippen LogP contribution in [0.2, 0.25) is 0 Å². The van der Waals surface area contributed by atoms with Gasteiger partial charge in [-0.15, -0.1) is 0 Å². The molecule has 1 spiro atoms. The summed E-state index contributed by atoms with van der Waals surface area (Å²) >= 11 is 0. The van der Waals surface area contributed by atoms with Crippen LogP contribution in [-0.2, 0) is 22.6 Å². The number of nitrogens with zero attached hydrogens (tertiary/aromatic N) is 2. The molecule has 2 fully saturated rings. The van der Waals surface area contributed by atoms with E-state index in [0.717, 1.165) is 38.0 Å². The second-order valence-electron chi connectivity index (χ2n) is 6.58. The van der Waals surface area contributed by atoms with E-state index >= 15 is 0 Å². The van der Waals surface area contributed by atoms with Gasteiger partial charge in [0.05, 0.1) is 37.4 Å². The van der Waals surface area contributed by atoms with Crippen LogP contribution in [0.4, 0.5) is 0 Å². The van der Waals surface area contributed by atoms with Gasteiger partial charge >= 0.3 is 0 Å². The molecule has 2 aliphatic rings. The first kappa shape index (κ1) is 14.9. The Hall–Kier alpha value is -1.69. The van der Waals surface area contributed by atoms with E-state index in [0.29, 0.717) is 13.2 Å². The summed E-state index contributed by atoms with van der Waals surface area (Å²) in [5.74, 6) is 0. The standard InChI is InChI=1S/C18H22N2O3/c1-2-15(9-19-5-1)12-22-17-8-18(23-13-17)4-6-20(14-18)10-16-3-7-21-11-16/h1-3,5,7,9,11,17H,4,6,8,10,12-14H2/t17-,18+/m1/s1. The smallest absolute Gasteiger partial charge is 0.0947 e. The van der Waals surface area contributed by atoms with E-state index in [2.05, 4.69) is 9.88 Å². The Labute approximate surface area is 136 Å². The van der Waals surface area contributed by atoms with Crippen LogP contribution >= 0.6 is 0 Å². The number of hydrogen-bond acceptors (Lipinski definition) is 5. The van der Waals surface area contributed by atoms with Crippen molar-refractivity contribution in [2.24, 2.45) is 0 Å². The van der Waals surface area contributed by atoms with E-state index in [4.69, 9.17) is 13.9 Å². The minimum atomic E-state index is -0.0245. The van der Waals surface area contributed by atoms with Crippen molar-refractivity contribution < 1.29 is 13.9 Å². The highest BCUT2D eigenvalue weighted by Crippen LogP contribution is 2.37. The average molecular weight is 314 g/mol. The highest BCUT2D eigenvalue weighted by molar-refractivity contribution is 5.08. The lowest BCUT2D eigenvalue weighted by Gasteiger charge is -2.23. The van der Waals surface area contributed by atoms with Gasteiger partial charge in [-0.25, -0.2) is 0 Å². The molecule has 2 atom stereocenters. The lowest BCUT2D eigenvalue weighted by molar-refractivity contribution is -0.000458. The normalized spacial score (nSPS) is 27.9. The molecular formula is C18H22N2O3. The fourth-order valence-electron chi connectivity index (χ4n) is 3.59. The van der Waals surface area contributed by atoms with Gasteiger partial charge in [0.15, 0.2) is 0 Å². The number of aromatic nitrogens is 1. The van der Waals surface area contributed by atoms with E-state index in [-0.39, 0.29) is 11.7 Å². The van der Waals surface area contributed by atoms with E-state index in [1.807, 2.05) is 30.7 Å². The lowest BCUT2D eigenvalue weighted by atomic mass is 9.98. The molecule has 122 valence electrons. The molecule has 0 aromatic carbocycles. The van der Waals surface area contributed by atoms with Crippen LogP contribution in [-0.4, -0.2) is 41.3 Å². The van der Waals surface area contributed by atoms with Crippen LogP contribution in [0.5, 0.6) is 0 Å². The molecule has 0 radical (unpaired) electrons. The maximum atomic E-state index is 6.15. The van der Waals surface area contributed by atoms with Crippen molar-refractivity contribution >= 4 is 0 Å². The van der Waals surface area contributed by atoms with Crippen LogP contribution < -0.4 is 0 Å². The summed E-state index contributed by atoms with van der Waals surface area (Å²) < 4.78 is 17.3.